The molecule has 32 heavy (non-hydrogen) atoms. The third kappa shape index (κ3) is 3.74. The van der Waals surface area contributed by atoms with E-state index in [1.54, 1.807) is 37.7 Å². The molecular formula is C23H29N5O3S. The first-order valence-electron chi connectivity index (χ1n) is 11.0. The zero-order valence-corrected chi connectivity index (χ0v) is 19.3. The van der Waals surface area contributed by atoms with Crippen LogP contribution in [-0.2, 0) is 14.8 Å². The van der Waals surface area contributed by atoms with Crippen LogP contribution in [0.25, 0.3) is 11.0 Å². The van der Waals surface area contributed by atoms with Crippen LogP contribution >= 0.6 is 0 Å². The number of hydrogen-bond acceptors (Lipinski definition) is 7. The van der Waals surface area contributed by atoms with Crippen LogP contribution < -0.4 is 15.1 Å². The highest BCUT2D eigenvalue weighted by molar-refractivity contribution is 7.90. The van der Waals surface area contributed by atoms with Crippen molar-refractivity contribution >= 4 is 32.4 Å². The van der Waals surface area contributed by atoms with Crippen LogP contribution in [0.2, 0.25) is 0 Å². The topological polar surface area (TPSA) is 79.7 Å². The highest BCUT2D eigenvalue weighted by Gasteiger charge is 2.27. The molecule has 2 fully saturated rings. The molecule has 5 rings (SSSR count). The number of methoxy groups -OCH3 is 1. The summed E-state index contributed by atoms with van der Waals surface area (Å²) in [7, 11) is -2.07. The number of nitrogens with one attached hydrogen (secondary N) is 1. The molecule has 2 aromatic heterocycles. The SMILES string of the molecule is CO[C@H]1CCN(c2cccc(S(=O)(=O)n3cc(N4CCN[C@H](C)C4)c4ncccc43)c2)C1. The molecule has 2 aliphatic rings. The van der Waals surface area contributed by atoms with Crippen molar-refractivity contribution in [1.82, 2.24) is 14.3 Å². The normalized spacial score (nSPS) is 22.1. The van der Waals surface area contributed by atoms with Gasteiger partial charge in [0.25, 0.3) is 10.0 Å². The maximum Gasteiger partial charge on any atom is 0.268 e. The van der Waals surface area contributed by atoms with Gasteiger partial charge in [-0.3, -0.25) is 4.98 Å². The predicted molar refractivity (Wildman–Crippen MR) is 126 cm³/mol. The summed E-state index contributed by atoms with van der Waals surface area (Å²) in [5, 5.41) is 3.43. The average Bonchev–Trinajstić information content (AvgIpc) is 3.45. The van der Waals surface area contributed by atoms with Crippen molar-refractivity contribution < 1.29 is 13.2 Å². The fourth-order valence-corrected chi connectivity index (χ4v) is 6.10. The standard InChI is InChI=1S/C23H29N5O3S/c1-17-14-27(12-10-24-17)22-16-28(21-7-4-9-25-23(21)22)32(29,30)20-6-3-5-18(13-20)26-11-8-19(15-26)31-2/h3-7,9,13,16-17,19,24H,8,10-12,14-15H2,1-2H3/t17-,19+/m1/s1. The lowest BCUT2D eigenvalue weighted by molar-refractivity contribution is 0.121. The molecule has 1 N–H and O–H groups in total. The van der Waals surface area contributed by atoms with Crippen molar-refractivity contribution in [3.05, 3.63) is 48.8 Å². The second kappa shape index (κ2) is 8.38. The quantitative estimate of drug-likeness (QED) is 0.632. The molecule has 170 valence electrons. The van der Waals surface area contributed by atoms with E-state index in [9.17, 15) is 8.42 Å². The van der Waals surface area contributed by atoms with Gasteiger partial charge in [0.05, 0.1) is 22.2 Å². The van der Waals surface area contributed by atoms with Crippen LogP contribution in [0.3, 0.4) is 0 Å². The first-order chi connectivity index (χ1) is 15.5. The van der Waals surface area contributed by atoms with Gasteiger partial charge >= 0.3 is 0 Å². The summed E-state index contributed by atoms with van der Waals surface area (Å²) in [5.41, 5.74) is 3.07. The molecule has 0 saturated carbocycles. The lowest BCUT2D eigenvalue weighted by Crippen LogP contribution is -2.49. The molecule has 0 bridgehead atoms. The van der Waals surface area contributed by atoms with Crippen molar-refractivity contribution in [2.24, 2.45) is 0 Å². The van der Waals surface area contributed by atoms with Gasteiger partial charge in [-0.2, -0.15) is 0 Å². The Kier molecular flexibility index (Phi) is 5.56. The van der Waals surface area contributed by atoms with E-state index in [4.69, 9.17) is 4.74 Å². The molecule has 2 saturated heterocycles. The molecule has 0 radical (unpaired) electrons. The van der Waals surface area contributed by atoms with Crippen molar-refractivity contribution in [3.8, 4) is 0 Å². The van der Waals surface area contributed by atoms with Crippen molar-refractivity contribution in [2.75, 3.05) is 49.6 Å². The van der Waals surface area contributed by atoms with E-state index < -0.39 is 10.0 Å². The summed E-state index contributed by atoms with van der Waals surface area (Å²) in [6, 6.07) is 11.1. The Labute approximate surface area is 188 Å². The third-order valence-corrected chi connectivity index (χ3v) is 8.10. The molecule has 0 unspecified atom stereocenters. The molecule has 4 heterocycles. The minimum atomic E-state index is -3.79. The maximum atomic E-state index is 13.8. The number of hydrogen-bond donors (Lipinski definition) is 1. The van der Waals surface area contributed by atoms with E-state index in [-0.39, 0.29) is 11.0 Å². The molecule has 3 aromatic rings. The predicted octanol–water partition coefficient (Wildman–Crippen LogP) is 2.30. The number of aromatic nitrogens is 2. The Bertz CT molecular complexity index is 1230. The average molecular weight is 456 g/mol. The van der Waals surface area contributed by atoms with Gasteiger partial charge in [0, 0.05) is 64.0 Å². The van der Waals surface area contributed by atoms with Crippen LogP contribution in [0.5, 0.6) is 0 Å². The van der Waals surface area contributed by atoms with E-state index >= 15 is 0 Å². The van der Waals surface area contributed by atoms with Gasteiger partial charge < -0.3 is 19.9 Å². The van der Waals surface area contributed by atoms with Gasteiger partial charge in [0.15, 0.2) is 0 Å². The first-order valence-corrected chi connectivity index (χ1v) is 12.5. The minimum absolute atomic E-state index is 0.179. The van der Waals surface area contributed by atoms with Gasteiger partial charge in [-0.15, -0.1) is 0 Å². The second-order valence-corrected chi connectivity index (χ2v) is 10.4. The van der Waals surface area contributed by atoms with Crippen LogP contribution in [0, 0.1) is 0 Å². The minimum Gasteiger partial charge on any atom is -0.380 e. The largest absolute Gasteiger partial charge is 0.380 e. The van der Waals surface area contributed by atoms with E-state index in [1.165, 1.54) is 3.97 Å². The number of nitrogens with zero attached hydrogens (tertiary/aromatic N) is 4. The number of pyridine rings is 1. The number of rotatable bonds is 5. The monoisotopic (exact) mass is 455 g/mol. The summed E-state index contributed by atoms with van der Waals surface area (Å²) in [4.78, 5) is 9.21. The third-order valence-electron chi connectivity index (χ3n) is 6.43. The molecule has 2 atom stereocenters. The molecule has 1 aromatic carbocycles. The Morgan fingerprint density at radius 3 is 2.78 bits per heavy atom. The van der Waals surface area contributed by atoms with E-state index in [1.807, 2.05) is 18.2 Å². The molecule has 0 spiro atoms. The Morgan fingerprint density at radius 2 is 2.00 bits per heavy atom. The zero-order chi connectivity index (χ0) is 22.3. The molecule has 9 heteroatoms. The summed E-state index contributed by atoms with van der Waals surface area (Å²) in [5.74, 6) is 0. The lowest BCUT2D eigenvalue weighted by Gasteiger charge is -2.32. The van der Waals surface area contributed by atoms with Crippen LogP contribution in [0.1, 0.15) is 13.3 Å². The van der Waals surface area contributed by atoms with Gasteiger partial charge in [-0.05, 0) is 43.7 Å². The molecule has 2 aliphatic heterocycles. The van der Waals surface area contributed by atoms with Crippen molar-refractivity contribution in [2.45, 2.75) is 30.4 Å². The molecule has 0 aliphatic carbocycles. The summed E-state index contributed by atoms with van der Waals surface area (Å²) in [6.07, 6.45) is 4.57. The Morgan fingerprint density at radius 1 is 1.12 bits per heavy atom. The number of benzene rings is 1. The highest BCUT2D eigenvalue weighted by Crippen LogP contribution is 2.32. The lowest BCUT2D eigenvalue weighted by atomic mass is 10.2. The van der Waals surface area contributed by atoms with Gasteiger partial charge in [-0.25, -0.2) is 12.4 Å². The number of piperazine rings is 1. The van der Waals surface area contributed by atoms with Gasteiger partial charge in [0.2, 0.25) is 0 Å². The fraction of sp³-hybridized carbons (Fsp3) is 0.435. The smallest absolute Gasteiger partial charge is 0.268 e. The summed E-state index contributed by atoms with van der Waals surface area (Å²) >= 11 is 0. The van der Waals surface area contributed by atoms with E-state index in [0.717, 1.165) is 50.5 Å². The van der Waals surface area contributed by atoms with Gasteiger partial charge in [0.1, 0.15) is 5.52 Å². The number of ether oxygens (including phenoxy) is 1. The number of fused-ring (bicyclic) bond motifs is 1. The van der Waals surface area contributed by atoms with Crippen LogP contribution in [0.4, 0.5) is 11.4 Å². The Balaban J connectivity index is 1.55. The summed E-state index contributed by atoms with van der Waals surface area (Å²) in [6.45, 7) is 6.22. The molecule has 8 nitrogen and oxygen atoms in total. The van der Waals surface area contributed by atoms with Crippen LogP contribution in [0.15, 0.2) is 53.7 Å². The highest BCUT2D eigenvalue weighted by atomic mass is 32.2. The molecular weight excluding hydrogens is 426 g/mol. The zero-order valence-electron chi connectivity index (χ0n) is 18.4. The van der Waals surface area contributed by atoms with Gasteiger partial charge in [-0.1, -0.05) is 6.07 Å². The maximum absolute atomic E-state index is 13.8. The molecule has 0 amide bonds. The van der Waals surface area contributed by atoms with Crippen molar-refractivity contribution in [1.29, 1.82) is 0 Å². The number of anilines is 2. The van der Waals surface area contributed by atoms with E-state index in [2.05, 4.69) is 27.0 Å². The second-order valence-electron chi connectivity index (χ2n) is 8.58. The van der Waals surface area contributed by atoms with Crippen LogP contribution in [-0.4, -0.2) is 69.4 Å². The van der Waals surface area contributed by atoms with E-state index in [0.29, 0.717) is 17.1 Å². The van der Waals surface area contributed by atoms with Crippen molar-refractivity contribution in [3.63, 3.8) is 0 Å². The Hall–Kier alpha value is -2.62. The first kappa shape index (κ1) is 21.2. The summed E-state index contributed by atoms with van der Waals surface area (Å²) < 4.78 is 34.4. The fourth-order valence-electron chi connectivity index (χ4n) is 4.70.